The van der Waals surface area contributed by atoms with Gasteiger partial charge in [0.25, 0.3) is 0 Å². The topological polar surface area (TPSA) is 57.0 Å². The zero-order valence-corrected chi connectivity index (χ0v) is 10.2. The number of hydrogen-bond acceptors (Lipinski definition) is 4. The summed E-state index contributed by atoms with van der Waals surface area (Å²) in [7, 11) is 0. The van der Waals surface area contributed by atoms with E-state index in [0.29, 0.717) is 12.4 Å². The first kappa shape index (κ1) is 12.7. The minimum atomic E-state index is -0.389. The maximum atomic E-state index is 11.6. The number of rotatable bonds is 6. The maximum absolute atomic E-state index is 11.6. The lowest BCUT2D eigenvalue weighted by Gasteiger charge is -2.07. The quantitative estimate of drug-likeness (QED) is 0.548. The lowest BCUT2D eigenvalue weighted by molar-refractivity contribution is 0.0505. The molecule has 0 amide bonds. The third kappa shape index (κ3) is 3.05. The highest BCUT2D eigenvalue weighted by atomic mass is 16.5. The van der Waals surface area contributed by atoms with Crippen LogP contribution in [-0.2, 0) is 11.3 Å². The average molecular weight is 225 g/mol. The molecule has 0 saturated carbocycles. The van der Waals surface area contributed by atoms with Crippen molar-refractivity contribution in [2.45, 2.75) is 46.6 Å². The lowest BCUT2D eigenvalue weighted by Crippen LogP contribution is -2.14. The summed E-state index contributed by atoms with van der Waals surface area (Å²) in [5.74, 6) is 0.689. The van der Waals surface area contributed by atoms with Crippen LogP contribution in [-0.4, -0.2) is 27.3 Å². The van der Waals surface area contributed by atoms with Gasteiger partial charge < -0.3 is 9.30 Å². The van der Waals surface area contributed by atoms with Crippen LogP contribution in [0.5, 0.6) is 0 Å². The molecule has 5 nitrogen and oxygen atoms in total. The smallest absolute Gasteiger partial charge is 0.376 e. The van der Waals surface area contributed by atoms with Crippen molar-refractivity contribution in [2.75, 3.05) is 6.61 Å². The number of ether oxygens (including phenoxy) is 1. The van der Waals surface area contributed by atoms with E-state index in [2.05, 4.69) is 17.1 Å². The van der Waals surface area contributed by atoms with Gasteiger partial charge in [-0.05, 0) is 20.3 Å². The highest BCUT2D eigenvalue weighted by molar-refractivity contribution is 5.85. The molecule has 1 aromatic heterocycles. The van der Waals surface area contributed by atoms with Crippen molar-refractivity contribution >= 4 is 5.97 Å². The van der Waals surface area contributed by atoms with Crippen LogP contribution in [0.15, 0.2) is 0 Å². The van der Waals surface area contributed by atoms with Crippen LogP contribution in [0, 0.1) is 6.92 Å². The number of hydrogen-bond donors (Lipinski definition) is 0. The van der Waals surface area contributed by atoms with E-state index in [-0.39, 0.29) is 5.97 Å². The van der Waals surface area contributed by atoms with Crippen LogP contribution in [0.25, 0.3) is 0 Å². The van der Waals surface area contributed by atoms with Crippen LogP contribution in [0.4, 0.5) is 0 Å². The zero-order valence-electron chi connectivity index (χ0n) is 10.2. The van der Waals surface area contributed by atoms with E-state index in [1.807, 2.05) is 11.5 Å². The minimum absolute atomic E-state index is 0.315. The predicted molar refractivity (Wildman–Crippen MR) is 60.2 cm³/mol. The fourth-order valence-electron chi connectivity index (χ4n) is 1.52. The van der Waals surface area contributed by atoms with Gasteiger partial charge >= 0.3 is 5.97 Å². The first-order valence-corrected chi connectivity index (χ1v) is 5.77. The molecule has 0 aliphatic carbocycles. The largest absolute Gasteiger partial charge is 0.460 e. The summed E-state index contributed by atoms with van der Waals surface area (Å²) in [6.45, 7) is 6.91. The molecule has 0 bridgehead atoms. The van der Waals surface area contributed by atoms with Crippen LogP contribution >= 0.6 is 0 Å². The van der Waals surface area contributed by atoms with Gasteiger partial charge in [-0.1, -0.05) is 19.8 Å². The summed E-state index contributed by atoms with van der Waals surface area (Å²) in [5, 5.41) is 7.76. The Balaban J connectivity index is 2.73. The fraction of sp³-hybridized carbons (Fsp3) is 0.727. The van der Waals surface area contributed by atoms with Crippen LogP contribution < -0.4 is 0 Å². The molecular weight excluding hydrogens is 206 g/mol. The molecule has 0 saturated heterocycles. The molecule has 0 fully saturated rings. The van der Waals surface area contributed by atoms with Crippen molar-refractivity contribution in [1.82, 2.24) is 14.8 Å². The molecule has 5 heteroatoms. The standard InChI is InChI=1S/C11H19N3O2/c1-4-6-7-8-14-9(3)12-13-10(14)11(15)16-5-2/h4-8H2,1-3H3. The molecule has 1 rings (SSSR count). The molecule has 0 unspecified atom stereocenters. The molecular formula is C11H19N3O2. The van der Waals surface area contributed by atoms with Crippen molar-refractivity contribution in [1.29, 1.82) is 0 Å². The van der Waals surface area contributed by atoms with Crippen LogP contribution in [0.1, 0.15) is 49.6 Å². The van der Waals surface area contributed by atoms with Crippen molar-refractivity contribution in [3.8, 4) is 0 Å². The van der Waals surface area contributed by atoms with Crippen LogP contribution in [0.3, 0.4) is 0 Å². The normalized spacial score (nSPS) is 10.4. The van der Waals surface area contributed by atoms with E-state index in [1.165, 1.54) is 0 Å². The predicted octanol–water partition coefficient (Wildman–Crippen LogP) is 1.95. The second kappa shape index (κ2) is 6.25. The molecule has 1 aromatic rings. The summed E-state index contributed by atoms with van der Waals surface area (Å²) < 4.78 is 6.75. The Morgan fingerprint density at radius 3 is 2.69 bits per heavy atom. The van der Waals surface area contributed by atoms with Gasteiger partial charge in [0.05, 0.1) is 6.61 Å². The Hall–Kier alpha value is -1.39. The lowest BCUT2D eigenvalue weighted by atomic mass is 10.2. The summed E-state index contributed by atoms with van der Waals surface area (Å²) in [6, 6.07) is 0. The summed E-state index contributed by atoms with van der Waals surface area (Å²) >= 11 is 0. The molecule has 0 aromatic carbocycles. The van der Waals surface area contributed by atoms with Crippen LogP contribution in [0.2, 0.25) is 0 Å². The van der Waals surface area contributed by atoms with E-state index in [0.717, 1.165) is 31.6 Å². The highest BCUT2D eigenvalue weighted by Gasteiger charge is 2.17. The SMILES string of the molecule is CCCCCn1c(C)nnc1C(=O)OCC. The molecule has 0 radical (unpaired) electrons. The van der Waals surface area contributed by atoms with Gasteiger partial charge in [-0.3, -0.25) is 0 Å². The van der Waals surface area contributed by atoms with Gasteiger partial charge in [0, 0.05) is 6.54 Å². The number of esters is 1. The summed E-state index contributed by atoms with van der Waals surface area (Å²) in [5.41, 5.74) is 0. The number of aromatic nitrogens is 3. The Bertz CT molecular complexity index is 347. The third-order valence-corrected chi connectivity index (χ3v) is 2.38. The molecule has 0 aliphatic heterocycles. The van der Waals surface area contributed by atoms with Crippen molar-refractivity contribution in [2.24, 2.45) is 0 Å². The molecule has 90 valence electrons. The van der Waals surface area contributed by atoms with Crippen molar-refractivity contribution in [3.63, 3.8) is 0 Å². The van der Waals surface area contributed by atoms with E-state index >= 15 is 0 Å². The highest BCUT2D eigenvalue weighted by Crippen LogP contribution is 2.06. The first-order valence-electron chi connectivity index (χ1n) is 5.77. The van der Waals surface area contributed by atoms with E-state index in [1.54, 1.807) is 6.92 Å². The Morgan fingerprint density at radius 2 is 2.06 bits per heavy atom. The molecule has 0 atom stereocenters. The Morgan fingerprint density at radius 1 is 1.31 bits per heavy atom. The van der Waals surface area contributed by atoms with Gasteiger partial charge in [-0.2, -0.15) is 0 Å². The average Bonchev–Trinajstić information content (AvgIpc) is 2.61. The number of carbonyl (C=O) groups excluding carboxylic acids is 1. The first-order chi connectivity index (χ1) is 7.70. The molecule has 0 N–H and O–H groups in total. The van der Waals surface area contributed by atoms with Gasteiger partial charge in [-0.15, -0.1) is 10.2 Å². The second-order valence-electron chi connectivity index (χ2n) is 3.65. The molecule has 0 spiro atoms. The third-order valence-electron chi connectivity index (χ3n) is 2.38. The van der Waals surface area contributed by atoms with E-state index < -0.39 is 0 Å². The number of unbranched alkanes of at least 4 members (excludes halogenated alkanes) is 2. The summed E-state index contributed by atoms with van der Waals surface area (Å²) in [4.78, 5) is 11.6. The van der Waals surface area contributed by atoms with Gasteiger partial charge in [-0.25, -0.2) is 4.79 Å². The van der Waals surface area contributed by atoms with Gasteiger partial charge in [0.2, 0.25) is 5.82 Å². The molecule has 16 heavy (non-hydrogen) atoms. The molecule has 1 heterocycles. The second-order valence-corrected chi connectivity index (χ2v) is 3.65. The van der Waals surface area contributed by atoms with Crippen molar-refractivity contribution in [3.05, 3.63) is 11.6 Å². The van der Waals surface area contributed by atoms with Gasteiger partial charge in [0.15, 0.2) is 0 Å². The number of aryl methyl sites for hydroxylation is 1. The van der Waals surface area contributed by atoms with E-state index in [4.69, 9.17) is 4.74 Å². The maximum Gasteiger partial charge on any atom is 0.376 e. The van der Waals surface area contributed by atoms with E-state index in [9.17, 15) is 4.79 Å². The monoisotopic (exact) mass is 225 g/mol. The zero-order chi connectivity index (χ0) is 12.0. The Kier molecular flexibility index (Phi) is 4.95. The number of nitrogens with zero attached hydrogens (tertiary/aromatic N) is 3. The number of carbonyl (C=O) groups is 1. The minimum Gasteiger partial charge on any atom is -0.460 e. The molecule has 0 aliphatic rings. The Labute approximate surface area is 95.8 Å². The fourth-order valence-corrected chi connectivity index (χ4v) is 1.52. The van der Waals surface area contributed by atoms with Crippen molar-refractivity contribution < 1.29 is 9.53 Å². The van der Waals surface area contributed by atoms with Gasteiger partial charge in [0.1, 0.15) is 5.82 Å². The summed E-state index contributed by atoms with van der Waals surface area (Å²) in [6.07, 6.45) is 3.32.